The number of fused-ring (bicyclic) bond motifs is 7. The minimum absolute atomic E-state index is 0.0962. The molecule has 3 saturated carbocycles. The Labute approximate surface area is 242 Å². The largest absolute Gasteiger partial charge is 0.393 e. The Morgan fingerprint density at radius 3 is 2.98 bits per heavy atom. The van der Waals surface area contributed by atoms with Crippen molar-refractivity contribution < 1.29 is 15.0 Å². The van der Waals surface area contributed by atoms with Gasteiger partial charge in [-0.1, -0.05) is 36.4 Å². The first-order valence-corrected chi connectivity index (χ1v) is 16.2. The van der Waals surface area contributed by atoms with Crippen molar-refractivity contribution in [2.75, 3.05) is 5.75 Å². The quantitative estimate of drug-likeness (QED) is 0.386. The minimum atomic E-state index is -1.38. The van der Waals surface area contributed by atoms with Crippen LogP contribution >= 0.6 is 23.1 Å². The molecule has 0 bridgehead atoms. The molecule has 0 radical (unpaired) electrons. The fraction of sp³-hybridized carbons (Fsp3) is 0.548. The lowest BCUT2D eigenvalue weighted by Crippen LogP contribution is -2.57. The van der Waals surface area contributed by atoms with Crippen LogP contribution in [0.4, 0.5) is 0 Å². The summed E-state index contributed by atoms with van der Waals surface area (Å²) >= 11 is 3.00. The highest BCUT2D eigenvalue weighted by atomic mass is 32.2. The molecule has 40 heavy (non-hydrogen) atoms. The highest BCUT2D eigenvalue weighted by molar-refractivity contribution is 8.01. The summed E-state index contributed by atoms with van der Waals surface area (Å²) in [5, 5.41) is 37.2. The van der Waals surface area contributed by atoms with E-state index in [1.807, 2.05) is 35.1 Å². The van der Waals surface area contributed by atoms with Crippen molar-refractivity contribution in [3.05, 3.63) is 47.3 Å². The molecular weight excluding hydrogens is 541 g/mol. The number of thioether (sulfide) groups is 1. The summed E-state index contributed by atoms with van der Waals surface area (Å²) in [5.74, 6) is 0.503. The van der Waals surface area contributed by atoms with Gasteiger partial charge < -0.3 is 10.2 Å². The highest BCUT2D eigenvalue weighted by Gasteiger charge is 2.62. The van der Waals surface area contributed by atoms with Crippen molar-refractivity contribution in [1.82, 2.24) is 14.8 Å². The number of aryl methyl sites for hydroxylation is 1. The number of aliphatic hydroxyl groups excluding tert-OH is 1. The van der Waals surface area contributed by atoms with Gasteiger partial charge in [-0.05, 0) is 85.5 Å². The number of aliphatic hydroxyl groups is 2. The van der Waals surface area contributed by atoms with Crippen LogP contribution in [0, 0.1) is 40.4 Å². The van der Waals surface area contributed by atoms with E-state index in [0.717, 1.165) is 45.9 Å². The predicted octanol–water partition coefficient (Wildman–Crippen LogP) is 5.26. The molecule has 3 fully saturated rings. The number of allylic oxidation sites excluding steroid dienone is 1. The van der Waals surface area contributed by atoms with Crippen LogP contribution in [0.5, 0.6) is 0 Å². The maximum atomic E-state index is 13.6. The number of hydrogen-bond donors (Lipinski definition) is 2. The minimum Gasteiger partial charge on any atom is -0.393 e. The number of aromatic nitrogens is 3. The van der Waals surface area contributed by atoms with Gasteiger partial charge in [-0.15, -0.1) is 11.3 Å². The van der Waals surface area contributed by atoms with Gasteiger partial charge in [-0.2, -0.15) is 10.4 Å². The van der Waals surface area contributed by atoms with Gasteiger partial charge in [-0.3, -0.25) is 9.48 Å². The fourth-order valence-electron chi connectivity index (χ4n) is 8.69. The van der Waals surface area contributed by atoms with E-state index in [2.05, 4.69) is 29.2 Å². The molecule has 0 amide bonds. The molecule has 4 aliphatic rings. The molecule has 2 heterocycles. The van der Waals surface area contributed by atoms with E-state index in [9.17, 15) is 15.0 Å². The molecule has 7 nitrogen and oxygen atoms in total. The summed E-state index contributed by atoms with van der Waals surface area (Å²) < 4.78 is 3.89. The van der Waals surface area contributed by atoms with Crippen molar-refractivity contribution in [2.24, 2.45) is 29.1 Å². The smallest absolute Gasteiger partial charge is 0.174 e. The number of nitriles is 1. The number of ketones is 1. The van der Waals surface area contributed by atoms with Gasteiger partial charge in [0, 0.05) is 5.92 Å². The van der Waals surface area contributed by atoms with Crippen molar-refractivity contribution in [1.29, 1.82) is 5.26 Å². The molecule has 2 aromatic heterocycles. The van der Waals surface area contributed by atoms with E-state index < -0.39 is 11.7 Å². The number of hydrogen-bond acceptors (Lipinski definition) is 8. The topological polar surface area (TPSA) is 112 Å². The molecule has 0 spiro atoms. The molecule has 4 aliphatic carbocycles. The summed E-state index contributed by atoms with van der Waals surface area (Å²) in [6.45, 7) is 2.89. The molecule has 3 aromatic rings. The number of thiazole rings is 1. The zero-order chi connectivity index (χ0) is 27.6. The summed E-state index contributed by atoms with van der Waals surface area (Å²) in [4.78, 5) is 18.2. The van der Waals surface area contributed by atoms with Gasteiger partial charge in [0.2, 0.25) is 0 Å². The monoisotopic (exact) mass is 574 g/mol. The predicted molar refractivity (Wildman–Crippen MR) is 156 cm³/mol. The fourth-order valence-corrected chi connectivity index (χ4v) is 10.7. The number of carbonyl (C=O) groups is 1. The van der Waals surface area contributed by atoms with E-state index in [1.54, 1.807) is 11.3 Å². The second-order valence-electron chi connectivity index (χ2n) is 12.4. The van der Waals surface area contributed by atoms with Crippen LogP contribution < -0.4 is 0 Å². The maximum absolute atomic E-state index is 13.6. The van der Waals surface area contributed by atoms with Gasteiger partial charge in [0.15, 0.2) is 10.1 Å². The number of Topliss-reactive ketones (excluding diaryl/α,β-unsaturated/α-hetero) is 1. The molecule has 0 aliphatic heterocycles. The average molecular weight is 575 g/mol. The van der Waals surface area contributed by atoms with E-state index in [1.165, 1.54) is 22.9 Å². The summed E-state index contributed by atoms with van der Waals surface area (Å²) in [6, 6.07) is 10.2. The summed E-state index contributed by atoms with van der Waals surface area (Å²) in [6.07, 6.45) is 8.61. The lowest BCUT2D eigenvalue weighted by Gasteiger charge is -2.57. The molecule has 2 N–H and O–H groups in total. The Bertz CT molecular complexity index is 1520. The first-order valence-electron chi connectivity index (χ1n) is 14.4. The molecule has 0 saturated heterocycles. The zero-order valence-corrected chi connectivity index (χ0v) is 24.3. The Morgan fingerprint density at radius 1 is 1.30 bits per heavy atom. The van der Waals surface area contributed by atoms with Crippen LogP contribution in [0.3, 0.4) is 0 Å². The zero-order valence-electron chi connectivity index (χ0n) is 22.6. The summed E-state index contributed by atoms with van der Waals surface area (Å²) in [7, 11) is 0. The van der Waals surface area contributed by atoms with Gasteiger partial charge >= 0.3 is 0 Å². The van der Waals surface area contributed by atoms with E-state index >= 15 is 0 Å². The van der Waals surface area contributed by atoms with Crippen molar-refractivity contribution in [3.8, 4) is 6.07 Å². The van der Waals surface area contributed by atoms with Gasteiger partial charge in [0.1, 0.15) is 5.60 Å². The Hall–Kier alpha value is -2.51. The van der Waals surface area contributed by atoms with Crippen molar-refractivity contribution in [2.45, 2.75) is 74.5 Å². The van der Waals surface area contributed by atoms with Gasteiger partial charge in [0.05, 0.1) is 53.0 Å². The number of para-hydroxylation sites is 1. The number of benzene rings is 1. The SMILES string of the molecule is CC12Cc3cnn(CCC#N)c3C=C1CCC1C3CCC(O)(C(=O)CSc4nc5ccccc5s4)C3CC(O)C12. The third kappa shape index (κ3) is 4.02. The highest BCUT2D eigenvalue weighted by Crippen LogP contribution is 2.63. The molecule has 7 unspecified atom stereocenters. The van der Waals surface area contributed by atoms with E-state index in [0.29, 0.717) is 25.8 Å². The number of nitrogens with zero attached hydrogens (tertiary/aromatic N) is 4. The standard InChI is InChI=1S/C31H34N4O3S2/c1-30-15-18-16-33-35(12-4-11-32)24(18)13-19(30)7-8-21-20-9-10-31(38,22(20)14-25(36)28(21)30)27(37)17-39-29-34-23-5-2-3-6-26(23)40-29/h2-3,5-6,13,16,20-22,25,28,36,38H,4,7-10,12,14-15,17H2,1H3. The number of rotatable bonds is 6. The van der Waals surface area contributed by atoms with Gasteiger partial charge in [-0.25, -0.2) is 4.98 Å². The molecular formula is C31H34N4O3S2. The Balaban J connectivity index is 1.10. The Kier molecular flexibility index (Phi) is 6.46. The lowest BCUT2D eigenvalue weighted by molar-refractivity contribution is -0.151. The first kappa shape index (κ1) is 26.4. The number of carbonyl (C=O) groups excluding carboxylic acids is 1. The normalized spacial score (nSPS) is 34.4. The molecule has 9 heteroatoms. The van der Waals surface area contributed by atoms with Crippen LogP contribution in [0.15, 0.2) is 40.4 Å². The van der Waals surface area contributed by atoms with E-state index in [4.69, 9.17) is 5.26 Å². The van der Waals surface area contributed by atoms with Crippen molar-refractivity contribution >= 4 is 45.2 Å². The average Bonchev–Trinajstić information content (AvgIpc) is 3.64. The molecule has 1 aromatic carbocycles. The third-order valence-electron chi connectivity index (χ3n) is 10.5. The van der Waals surface area contributed by atoms with Crippen molar-refractivity contribution in [3.63, 3.8) is 0 Å². The second-order valence-corrected chi connectivity index (χ2v) is 14.6. The van der Waals surface area contributed by atoms with Crippen LogP contribution in [0.1, 0.15) is 56.7 Å². The Morgan fingerprint density at radius 2 is 2.15 bits per heavy atom. The third-order valence-corrected chi connectivity index (χ3v) is 12.7. The van der Waals surface area contributed by atoms with E-state index in [-0.39, 0.29) is 40.6 Å². The lowest BCUT2D eigenvalue weighted by atomic mass is 9.48. The van der Waals surface area contributed by atoms with Crippen LogP contribution in [0.25, 0.3) is 16.3 Å². The maximum Gasteiger partial charge on any atom is 0.174 e. The summed E-state index contributed by atoms with van der Waals surface area (Å²) in [5.41, 5.74) is 3.05. The van der Waals surface area contributed by atoms with Crippen LogP contribution in [-0.4, -0.2) is 48.2 Å². The molecule has 7 rings (SSSR count). The molecule has 208 valence electrons. The molecule has 7 atom stereocenters. The first-order chi connectivity index (χ1) is 19.3. The van der Waals surface area contributed by atoms with Crippen LogP contribution in [0.2, 0.25) is 0 Å². The second kappa shape index (κ2) is 9.80. The van der Waals surface area contributed by atoms with Crippen LogP contribution in [-0.2, 0) is 17.8 Å². The van der Waals surface area contributed by atoms with Gasteiger partial charge in [0.25, 0.3) is 0 Å².